The molecule has 0 atom stereocenters. The zero-order valence-electron chi connectivity index (χ0n) is 18.8. The van der Waals surface area contributed by atoms with Gasteiger partial charge in [-0.05, 0) is 32.1 Å². The molecular weight excluding hydrogens is 452 g/mol. The maximum atomic E-state index is 10.8. The first-order chi connectivity index (χ1) is 14.5. The van der Waals surface area contributed by atoms with Crippen molar-refractivity contribution in [3.05, 3.63) is 0 Å². The van der Waals surface area contributed by atoms with Crippen LogP contribution in [0.3, 0.4) is 0 Å². The van der Waals surface area contributed by atoms with Crippen LogP contribution in [-0.4, -0.2) is 90.8 Å². The van der Waals surface area contributed by atoms with E-state index in [0.29, 0.717) is 19.6 Å². The molecule has 2 N–H and O–H groups in total. The van der Waals surface area contributed by atoms with E-state index in [1.807, 2.05) is 6.92 Å². The van der Waals surface area contributed by atoms with Crippen LogP contribution in [0.4, 0.5) is 0 Å². The van der Waals surface area contributed by atoms with Gasteiger partial charge in [-0.1, -0.05) is 19.8 Å². The zero-order valence-corrected chi connectivity index (χ0v) is 20.4. The summed E-state index contributed by atoms with van der Waals surface area (Å²) in [6, 6.07) is 0. The molecule has 0 aliphatic carbocycles. The molecule has 0 aromatic heterocycles. The molecule has 0 aromatic rings. The highest BCUT2D eigenvalue weighted by Crippen LogP contribution is 2.24. The molecule has 0 aromatic carbocycles. The number of hydrogen-bond acceptors (Lipinski definition) is 8. The Balaban J connectivity index is 4.47. The third kappa shape index (κ3) is 20.0. The molecule has 0 radical (unpaired) electrons. The lowest BCUT2D eigenvalue weighted by Crippen LogP contribution is -2.37. The monoisotopic (exact) mass is 492 g/mol. The van der Waals surface area contributed by atoms with Gasteiger partial charge in [0.2, 0.25) is 0 Å². The fraction of sp³-hybridized carbons (Fsp3) is 1.00. The summed E-state index contributed by atoms with van der Waals surface area (Å²) in [5.41, 5.74) is -0.466. The molecule has 12 heteroatoms. The maximum absolute atomic E-state index is 10.8. The Kier molecular flexibility index (Phi) is 17.0. The van der Waals surface area contributed by atoms with Crippen LogP contribution in [0, 0.1) is 5.41 Å². The molecule has 0 heterocycles. The van der Waals surface area contributed by atoms with Gasteiger partial charge in [0.05, 0.1) is 31.3 Å². The van der Waals surface area contributed by atoms with E-state index < -0.39 is 25.7 Å². The van der Waals surface area contributed by atoms with Crippen LogP contribution < -0.4 is 0 Å². The molecule has 0 amide bonds. The van der Waals surface area contributed by atoms with Crippen LogP contribution in [0.2, 0.25) is 0 Å². The quantitative estimate of drug-likeness (QED) is 0.170. The second kappa shape index (κ2) is 17.2. The SMILES string of the molecule is CCC(COCCCCCCOC)(COCCCS(=O)(=O)O)COCCCS(=O)(=O)O. The van der Waals surface area contributed by atoms with E-state index >= 15 is 0 Å². The number of ether oxygens (including phenoxy) is 4. The van der Waals surface area contributed by atoms with Crippen molar-refractivity contribution < 1.29 is 44.9 Å². The Morgan fingerprint density at radius 3 is 1.39 bits per heavy atom. The second-order valence-corrected chi connectivity index (χ2v) is 10.8. The first-order valence-electron chi connectivity index (χ1n) is 10.7. The molecule has 0 saturated heterocycles. The largest absolute Gasteiger partial charge is 0.385 e. The molecule has 188 valence electrons. The summed E-state index contributed by atoms with van der Waals surface area (Å²) >= 11 is 0. The van der Waals surface area contributed by atoms with Crippen LogP contribution in [0.25, 0.3) is 0 Å². The second-order valence-electron chi connectivity index (χ2n) is 7.70. The molecule has 0 fully saturated rings. The Morgan fingerprint density at radius 1 is 0.645 bits per heavy atom. The molecule has 31 heavy (non-hydrogen) atoms. The van der Waals surface area contributed by atoms with Gasteiger partial charge in [0, 0.05) is 39.0 Å². The van der Waals surface area contributed by atoms with E-state index in [2.05, 4.69) is 0 Å². The molecule has 0 spiro atoms. The molecule has 0 aliphatic rings. The van der Waals surface area contributed by atoms with Gasteiger partial charge >= 0.3 is 0 Å². The van der Waals surface area contributed by atoms with E-state index in [1.165, 1.54) is 0 Å². The summed E-state index contributed by atoms with van der Waals surface area (Å²) in [5.74, 6) is -0.727. The lowest BCUT2D eigenvalue weighted by atomic mass is 9.88. The number of unbranched alkanes of at least 4 members (excludes halogenated alkanes) is 3. The highest BCUT2D eigenvalue weighted by Gasteiger charge is 2.30. The molecule has 0 rings (SSSR count). The summed E-state index contributed by atoms with van der Waals surface area (Å²) in [4.78, 5) is 0. The number of rotatable bonds is 22. The fourth-order valence-electron chi connectivity index (χ4n) is 2.79. The standard InChI is InChI=1S/C19H40O10S2/c1-3-19(17-28-12-8-14-30(20,21)22,18-29-13-9-15-31(23,24)25)16-27-11-7-5-4-6-10-26-2/h3-18H2,1-2H3,(H,20,21,22)(H,23,24,25). The van der Waals surface area contributed by atoms with Crippen LogP contribution in [0.1, 0.15) is 51.9 Å². The van der Waals surface area contributed by atoms with Gasteiger partial charge < -0.3 is 18.9 Å². The van der Waals surface area contributed by atoms with E-state index in [1.54, 1.807) is 7.11 Å². The lowest BCUT2D eigenvalue weighted by molar-refractivity contribution is -0.0717. The van der Waals surface area contributed by atoms with Gasteiger partial charge in [-0.3, -0.25) is 9.11 Å². The Bertz CT molecular complexity index is 592. The van der Waals surface area contributed by atoms with Crippen molar-refractivity contribution in [2.75, 3.05) is 64.9 Å². The smallest absolute Gasteiger partial charge is 0.264 e. The van der Waals surface area contributed by atoms with E-state index in [0.717, 1.165) is 32.3 Å². The average molecular weight is 493 g/mol. The van der Waals surface area contributed by atoms with E-state index in [9.17, 15) is 16.8 Å². The van der Waals surface area contributed by atoms with Gasteiger partial charge in [-0.15, -0.1) is 0 Å². The predicted octanol–water partition coefficient (Wildman–Crippen LogP) is 2.20. The van der Waals surface area contributed by atoms with Crippen molar-refractivity contribution >= 4 is 20.2 Å². The highest BCUT2D eigenvalue weighted by atomic mass is 32.2. The third-order valence-corrected chi connectivity index (χ3v) is 6.35. The third-order valence-electron chi connectivity index (χ3n) is 4.74. The maximum Gasteiger partial charge on any atom is 0.264 e. The minimum Gasteiger partial charge on any atom is -0.385 e. The molecule has 0 saturated carbocycles. The number of hydrogen-bond donors (Lipinski definition) is 2. The minimum atomic E-state index is -4.01. The minimum absolute atomic E-state index is 0.170. The summed E-state index contributed by atoms with van der Waals surface area (Å²) < 4.78 is 82.9. The van der Waals surface area contributed by atoms with Crippen molar-refractivity contribution in [1.82, 2.24) is 0 Å². The summed E-state index contributed by atoms with van der Waals surface area (Å²) in [6.07, 6.45) is 5.09. The van der Waals surface area contributed by atoms with Crippen molar-refractivity contribution in [3.8, 4) is 0 Å². The average Bonchev–Trinajstić information content (AvgIpc) is 2.67. The predicted molar refractivity (Wildman–Crippen MR) is 118 cm³/mol. The van der Waals surface area contributed by atoms with Gasteiger partial charge in [-0.2, -0.15) is 16.8 Å². The van der Waals surface area contributed by atoms with E-state index in [4.69, 9.17) is 28.1 Å². The van der Waals surface area contributed by atoms with E-state index in [-0.39, 0.29) is 50.8 Å². The van der Waals surface area contributed by atoms with Gasteiger partial charge in [0.1, 0.15) is 0 Å². The Morgan fingerprint density at radius 2 is 1.03 bits per heavy atom. The first-order valence-corrected chi connectivity index (χ1v) is 13.9. The topological polar surface area (TPSA) is 146 Å². The summed E-state index contributed by atoms with van der Waals surface area (Å²) in [6.45, 7) is 4.61. The molecular formula is C19H40O10S2. The van der Waals surface area contributed by atoms with Crippen molar-refractivity contribution in [1.29, 1.82) is 0 Å². The van der Waals surface area contributed by atoms with Crippen LogP contribution in [0.15, 0.2) is 0 Å². The highest BCUT2D eigenvalue weighted by molar-refractivity contribution is 7.86. The van der Waals surface area contributed by atoms with Gasteiger partial charge in [0.15, 0.2) is 0 Å². The normalized spacial score (nSPS) is 13.0. The van der Waals surface area contributed by atoms with Crippen molar-refractivity contribution in [2.45, 2.75) is 51.9 Å². The molecule has 0 unspecified atom stereocenters. The van der Waals surface area contributed by atoms with Crippen LogP contribution >= 0.6 is 0 Å². The molecule has 0 aliphatic heterocycles. The molecule has 10 nitrogen and oxygen atoms in total. The fourth-order valence-corrected chi connectivity index (χ4v) is 3.75. The zero-order chi connectivity index (χ0) is 23.6. The number of methoxy groups -OCH3 is 1. The first kappa shape index (κ1) is 30.7. The van der Waals surface area contributed by atoms with Gasteiger partial charge in [-0.25, -0.2) is 0 Å². The summed E-state index contributed by atoms with van der Waals surface area (Å²) in [5, 5.41) is 0. The van der Waals surface area contributed by atoms with Gasteiger partial charge in [0.25, 0.3) is 20.2 Å². The van der Waals surface area contributed by atoms with Crippen LogP contribution in [-0.2, 0) is 39.2 Å². The van der Waals surface area contributed by atoms with Crippen molar-refractivity contribution in [3.63, 3.8) is 0 Å². The van der Waals surface area contributed by atoms with Crippen molar-refractivity contribution in [2.24, 2.45) is 5.41 Å². The Hall–Kier alpha value is -0.340. The summed E-state index contributed by atoms with van der Waals surface area (Å²) in [7, 11) is -6.34. The lowest BCUT2D eigenvalue weighted by Gasteiger charge is -2.32. The molecule has 0 bridgehead atoms. The van der Waals surface area contributed by atoms with Crippen LogP contribution in [0.5, 0.6) is 0 Å². The Labute approximate surface area is 187 Å².